The van der Waals surface area contributed by atoms with Crippen molar-refractivity contribution in [3.63, 3.8) is 0 Å². The van der Waals surface area contributed by atoms with Crippen LogP contribution in [0.5, 0.6) is 5.75 Å². The fraction of sp³-hybridized carbons (Fsp3) is 0.529. The van der Waals surface area contributed by atoms with Crippen LogP contribution in [0.15, 0.2) is 36.4 Å². The topological polar surface area (TPSA) is 175 Å². The normalized spacial score (nSPS) is 35.4. The van der Waals surface area contributed by atoms with Crippen LogP contribution >= 0.6 is 0 Å². The molecule has 3 aliphatic rings. The van der Waals surface area contributed by atoms with Crippen LogP contribution in [0.25, 0.3) is 11.1 Å². The van der Waals surface area contributed by atoms with Crippen molar-refractivity contribution in [1.29, 1.82) is 0 Å². The van der Waals surface area contributed by atoms with E-state index in [9.17, 15) is 39.6 Å². The van der Waals surface area contributed by atoms with E-state index in [0.717, 1.165) is 0 Å². The maximum atomic E-state index is 14.3. The number of carbonyl (C=O) groups excluding carboxylic acids is 4. The first-order valence-corrected chi connectivity index (χ1v) is 14.9. The summed E-state index contributed by atoms with van der Waals surface area (Å²) in [7, 11) is 0. The standard InChI is InChI=1S/C34H41NO8/c1-15(2)24-28(39)23(31(35)42)29(40)34(43)30(41)25-27(38)22-20(13-32(25,5)14-33(24,34)6)19(10-11-21(22)36)17-8-7-9-18(12-17)26(37)16(3)4/h7-12,15-16,23-25,28,30,36,39,41,43H,13-14H2,1-6H3,(H2,35,42)/t23-,24+,25-,28?,30?,32-,33-,34+/m1/s1. The number of benzene rings is 2. The summed E-state index contributed by atoms with van der Waals surface area (Å²) in [6.45, 7) is 10.7. The van der Waals surface area contributed by atoms with Gasteiger partial charge in [0.15, 0.2) is 23.0 Å². The Morgan fingerprint density at radius 3 is 2.26 bits per heavy atom. The highest BCUT2D eigenvalue weighted by Gasteiger charge is 2.75. The fourth-order valence-electron chi connectivity index (χ4n) is 8.98. The summed E-state index contributed by atoms with van der Waals surface area (Å²) in [5.41, 5.74) is 2.89. The van der Waals surface area contributed by atoms with Crippen molar-refractivity contribution in [3.05, 3.63) is 53.1 Å². The van der Waals surface area contributed by atoms with Crippen LogP contribution in [-0.2, 0) is 16.0 Å². The average Bonchev–Trinajstić information content (AvgIpc) is 2.90. The largest absolute Gasteiger partial charge is 0.507 e. The van der Waals surface area contributed by atoms with E-state index in [1.165, 1.54) is 6.07 Å². The van der Waals surface area contributed by atoms with Crippen LogP contribution in [0.4, 0.5) is 0 Å². The summed E-state index contributed by atoms with van der Waals surface area (Å²) in [6, 6.07) is 10.2. The van der Waals surface area contributed by atoms with Crippen molar-refractivity contribution in [2.45, 2.75) is 72.2 Å². The lowest BCUT2D eigenvalue weighted by Crippen LogP contribution is -2.79. The molecular formula is C34H41NO8. The van der Waals surface area contributed by atoms with E-state index in [4.69, 9.17) is 5.73 Å². The monoisotopic (exact) mass is 591 g/mol. The van der Waals surface area contributed by atoms with Gasteiger partial charge in [-0.05, 0) is 58.9 Å². The molecule has 0 radical (unpaired) electrons. The Kier molecular flexibility index (Phi) is 7.27. The summed E-state index contributed by atoms with van der Waals surface area (Å²) < 4.78 is 0. The molecule has 5 rings (SSSR count). The van der Waals surface area contributed by atoms with E-state index >= 15 is 0 Å². The van der Waals surface area contributed by atoms with Crippen LogP contribution in [0.2, 0.25) is 0 Å². The molecule has 0 aromatic heterocycles. The van der Waals surface area contributed by atoms with Crippen molar-refractivity contribution >= 4 is 23.3 Å². The number of aliphatic hydroxyl groups is 3. The zero-order valence-electron chi connectivity index (χ0n) is 25.4. The minimum absolute atomic E-state index is 0.0121. The number of rotatable bonds is 5. The van der Waals surface area contributed by atoms with Crippen LogP contribution in [0.1, 0.15) is 74.2 Å². The third kappa shape index (κ3) is 4.15. The lowest BCUT2D eigenvalue weighted by Gasteiger charge is -2.66. The molecule has 3 aliphatic carbocycles. The molecular weight excluding hydrogens is 550 g/mol. The lowest BCUT2D eigenvalue weighted by atomic mass is 9.39. The van der Waals surface area contributed by atoms with Crippen molar-refractivity contribution in [1.82, 2.24) is 0 Å². The summed E-state index contributed by atoms with van der Waals surface area (Å²) in [4.78, 5) is 53.3. The van der Waals surface area contributed by atoms with Crippen LogP contribution < -0.4 is 5.73 Å². The Morgan fingerprint density at radius 2 is 1.67 bits per heavy atom. The van der Waals surface area contributed by atoms with Crippen molar-refractivity contribution in [2.24, 2.45) is 46.2 Å². The van der Waals surface area contributed by atoms with Gasteiger partial charge in [-0.25, -0.2) is 0 Å². The summed E-state index contributed by atoms with van der Waals surface area (Å²) in [5.74, 6) is -7.58. The smallest absolute Gasteiger partial charge is 0.230 e. The number of Topliss-reactive ketones (excluding diaryl/α,β-unsaturated/α-hetero) is 3. The molecule has 2 aromatic carbocycles. The average molecular weight is 592 g/mol. The van der Waals surface area contributed by atoms with Gasteiger partial charge < -0.3 is 26.2 Å². The Labute approximate surface area is 251 Å². The summed E-state index contributed by atoms with van der Waals surface area (Å²) in [5, 5.41) is 46.4. The van der Waals surface area contributed by atoms with Crippen LogP contribution in [0.3, 0.4) is 0 Å². The van der Waals surface area contributed by atoms with E-state index in [2.05, 4.69) is 0 Å². The minimum atomic E-state index is -2.56. The third-order valence-corrected chi connectivity index (χ3v) is 10.6. The number of nitrogens with two attached hydrogens (primary N) is 1. The first-order chi connectivity index (χ1) is 19.9. The number of primary amides is 1. The van der Waals surface area contributed by atoms with Gasteiger partial charge >= 0.3 is 0 Å². The van der Waals surface area contributed by atoms with E-state index < -0.39 is 63.9 Å². The Hall–Kier alpha value is -3.40. The molecule has 1 amide bonds. The third-order valence-electron chi connectivity index (χ3n) is 10.6. The second-order valence-corrected chi connectivity index (χ2v) is 14.1. The van der Waals surface area contributed by atoms with Gasteiger partial charge in [-0.15, -0.1) is 0 Å². The minimum Gasteiger partial charge on any atom is -0.507 e. The molecule has 8 atom stereocenters. The van der Waals surface area contributed by atoms with Crippen LogP contribution in [0, 0.1) is 40.4 Å². The fourth-order valence-corrected chi connectivity index (χ4v) is 8.98. The van der Waals surface area contributed by atoms with Gasteiger partial charge in [0.2, 0.25) is 5.91 Å². The summed E-state index contributed by atoms with van der Waals surface area (Å²) in [6.07, 6.45) is -3.17. The molecule has 2 unspecified atom stereocenters. The summed E-state index contributed by atoms with van der Waals surface area (Å²) >= 11 is 0. The molecule has 43 heavy (non-hydrogen) atoms. The molecule has 6 N–H and O–H groups in total. The maximum absolute atomic E-state index is 14.3. The number of aliphatic hydroxyl groups excluding tert-OH is 2. The number of hydrogen-bond acceptors (Lipinski definition) is 8. The van der Waals surface area contributed by atoms with E-state index in [1.807, 2.05) is 26.8 Å². The molecule has 230 valence electrons. The number of amides is 1. The van der Waals surface area contributed by atoms with Gasteiger partial charge in [-0.2, -0.15) is 0 Å². The highest BCUT2D eigenvalue weighted by atomic mass is 16.4. The zero-order chi connectivity index (χ0) is 32.0. The number of ketones is 3. The van der Waals surface area contributed by atoms with Crippen molar-refractivity contribution in [2.75, 3.05) is 0 Å². The number of carbonyl (C=O) groups is 4. The number of aromatic hydroxyl groups is 1. The van der Waals surface area contributed by atoms with Gasteiger partial charge in [0, 0.05) is 16.9 Å². The van der Waals surface area contributed by atoms with E-state index in [1.54, 1.807) is 45.0 Å². The predicted octanol–water partition coefficient (Wildman–Crippen LogP) is 3.08. The number of hydrogen-bond donors (Lipinski definition) is 5. The SMILES string of the molecule is CC(C)C(=O)c1cccc(-c2ccc(O)c3c2C[C@]2(C)C[C@]4(C)[C@@H](C(C)C)C(O)[C@@H](C(N)=O)C(=O)[C@]4(O)C(O)[C@H]2C3=O)c1. The first kappa shape index (κ1) is 31.0. The van der Waals surface area contributed by atoms with Gasteiger partial charge in [0.25, 0.3) is 0 Å². The lowest BCUT2D eigenvalue weighted by molar-refractivity contribution is -0.265. The quantitative estimate of drug-likeness (QED) is 0.260. The first-order valence-electron chi connectivity index (χ1n) is 14.9. The van der Waals surface area contributed by atoms with Gasteiger partial charge in [0.1, 0.15) is 17.8 Å². The van der Waals surface area contributed by atoms with Crippen molar-refractivity contribution in [3.8, 4) is 16.9 Å². The zero-order valence-corrected chi connectivity index (χ0v) is 25.4. The van der Waals surface area contributed by atoms with E-state index in [0.29, 0.717) is 22.3 Å². The van der Waals surface area contributed by atoms with Crippen molar-refractivity contribution < 1.29 is 39.6 Å². The molecule has 9 heteroatoms. The maximum Gasteiger partial charge on any atom is 0.230 e. The Bertz CT molecular complexity index is 1550. The van der Waals surface area contributed by atoms with Gasteiger partial charge in [0.05, 0.1) is 17.6 Å². The number of phenolic OH excluding ortho intramolecular Hbond substituents is 1. The molecule has 0 saturated heterocycles. The molecule has 0 aliphatic heterocycles. The molecule has 2 fully saturated rings. The van der Waals surface area contributed by atoms with Crippen LogP contribution in [-0.4, -0.2) is 61.5 Å². The second-order valence-electron chi connectivity index (χ2n) is 14.1. The van der Waals surface area contributed by atoms with Gasteiger partial charge in [-0.3, -0.25) is 19.2 Å². The van der Waals surface area contributed by atoms with Gasteiger partial charge in [-0.1, -0.05) is 65.8 Å². The molecule has 0 heterocycles. The second kappa shape index (κ2) is 10.1. The number of phenols is 1. The molecule has 9 nitrogen and oxygen atoms in total. The van der Waals surface area contributed by atoms with E-state index in [-0.39, 0.29) is 41.8 Å². The highest BCUT2D eigenvalue weighted by molar-refractivity contribution is 6.10. The Balaban J connectivity index is 1.71. The highest BCUT2D eigenvalue weighted by Crippen LogP contribution is 2.66. The molecule has 0 spiro atoms. The number of fused-ring (bicyclic) bond motifs is 3. The molecule has 2 aromatic rings. The molecule has 0 bridgehead atoms. The predicted molar refractivity (Wildman–Crippen MR) is 158 cm³/mol. The Morgan fingerprint density at radius 1 is 1.02 bits per heavy atom. The molecule has 2 saturated carbocycles.